The van der Waals surface area contributed by atoms with Gasteiger partial charge in [-0.15, -0.1) is 0 Å². The van der Waals surface area contributed by atoms with Crippen LogP contribution in [0.15, 0.2) is 18.2 Å². The zero-order valence-corrected chi connectivity index (χ0v) is 12.0. The van der Waals surface area contributed by atoms with Gasteiger partial charge in [0.25, 0.3) is 0 Å². The quantitative estimate of drug-likeness (QED) is 0.596. The molecule has 0 aromatic heterocycles. The lowest BCUT2D eigenvalue weighted by Crippen LogP contribution is -2.29. The topological polar surface area (TPSA) is 26.3 Å². The van der Waals surface area contributed by atoms with E-state index in [0.717, 1.165) is 50.7 Å². The van der Waals surface area contributed by atoms with Gasteiger partial charge >= 0.3 is 6.18 Å². The lowest BCUT2D eigenvalue weighted by Gasteiger charge is -2.33. The van der Waals surface area contributed by atoms with E-state index >= 15 is 0 Å². The standard InChI is InChI=1S/C16H19F3O2/c1-21-15(8-4-2-3-5-9-15)14-7-6-13(16(17,18)19)10-12(14)11-20/h6-7,10-11H,2-5,8-9H2,1H3. The fraction of sp³-hybridized carbons (Fsp3) is 0.562. The van der Waals surface area contributed by atoms with Crippen LogP contribution in [-0.4, -0.2) is 13.4 Å². The minimum atomic E-state index is -4.44. The molecule has 116 valence electrons. The highest BCUT2D eigenvalue weighted by molar-refractivity contribution is 5.78. The molecule has 0 unspecified atom stereocenters. The van der Waals surface area contributed by atoms with Crippen LogP contribution in [-0.2, 0) is 16.5 Å². The molecule has 21 heavy (non-hydrogen) atoms. The first kappa shape index (κ1) is 16.0. The Morgan fingerprint density at radius 2 is 1.76 bits per heavy atom. The summed E-state index contributed by atoms with van der Waals surface area (Å²) in [7, 11) is 1.57. The summed E-state index contributed by atoms with van der Waals surface area (Å²) >= 11 is 0. The Morgan fingerprint density at radius 1 is 1.14 bits per heavy atom. The third-order valence-corrected chi connectivity index (χ3v) is 4.30. The molecule has 1 aliphatic carbocycles. The molecule has 0 heterocycles. The molecule has 0 radical (unpaired) electrons. The SMILES string of the molecule is COC1(c2ccc(C(F)(F)F)cc2C=O)CCCCCC1. The number of halogens is 3. The maximum atomic E-state index is 12.8. The van der Waals surface area contributed by atoms with Gasteiger partial charge in [-0.25, -0.2) is 0 Å². The maximum Gasteiger partial charge on any atom is 0.416 e. The Hall–Kier alpha value is -1.36. The van der Waals surface area contributed by atoms with Crippen LogP contribution in [0.5, 0.6) is 0 Å². The number of carbonyl (C=O) groups excluding carboxylic acids is 1. The summed E-state index contributed by atoms with van der Waals surface area (Å²) in [5, 5.41) is 0. The molecule has 1 aliphatic rings. The summed E-state index contributed by atoms with van der Waals surface area (Å²) in [6.07, 6.45) is 1.59. The molecule has 0 bridgehead atoms. The van der Waals surface area contributed by atoms with Gasteiger partial charge < -0.3 is 4.74 Å². The van der Waals surface area contributed by atoms with Crippen molar-refractivity contribution in [2.24, 2.45) is 0 Å². The van der Waals surface area contributed by atoms with E-state index in [0.29, 0.717) is 11.8 Å². The van der Waals surface area contributed by atoms with Crippen molar-refractivity contribution in [3.05, 3.63) is 34.9 Å². The predicted molar refractivity (Wildman–Crippen MR) is 73.2 cm³/mol. The smallest absolute Gasteiger partial charge is 0.374 e. The van der Waals surface area contributed by atoms with Crippen LogP contribution in [0.1, 0.15) is 60.0 Å². The van der Waals surface area contributed by atoms with Crippen LogP contribution in [0.3, 0.4) is 0 Å². The summed E-state index contributed by atoms with van der Waals surface area (Å²) in [5.74, 6) is 0. The number of benzene rings is 1. The van der Waals surface area contributed by atoms with Crippen molar-refractivity contribution in [1.82, 2.24) is 0 Å². The predicted octanol–water partition coefficient (Wildman–Crippen LogP) is 4.71. The van der Waals surface area contributed by atoms with Gasteiger partial charge in [0.15, 0.2) is 0 Å². The molecule has 5 heteroatoms. The minimum absolute atomic E-state index is 0.0774. The van der Waals surface area contributed by atoms with E-state index in [9.17, 15) is 18.0 Å². The van der Waals surface area contributed by atoms with E-state index in [4.69, 9.17) is 4.74 Å². The summed E-state index contributed by atoms with van der Waals surface area (Å²) in [4.78, 5) is 11.3. The van der Waals surface area contributed by atoms with E-state index in [1.165, 1.54) is 6.07 Å². The number of rotatable bonds is 3. The maximum absolute atomic E-state index is 12.8. The Bertz CT molecular complexity index is 501. The Balaban J connectivity index is 2.48. The fourth-order valence-electron chi connectivity index (χ4n) is 3.13. The average Bonchev–Trinajstić information content (AvgIpc) is 2.72. The zero-order chi connectivity index (χ0) is 15.5. The van der Waals surface area contributed by atoms with Crippen molar-refractivity contribution in [2.75, 3.05) is 7.11 Å². The molecule has 1 fully saturated rings. The lowest BCUT2D eigenvalue weighted by molar-refractivity contribution is -0.137. The number of ether oxygens (including phenoxy) is 1. The second kappa shape index (κ2) is 6.18. The number of hydrogen-bond donors (Lipinski definition) is 0. The van der Waals surface area contributed by atoms with E-state index in [-0.39, 0.29) is 5.56 Å². The molecule has 0 spiro atoms. The van der Waals surface area contributed by atoms with Crippen LogP contribution in [0.25, 0.3) is 0 Å². The molecular formula is C16H19F3O2. The van der Waals surface area contributed by atoms with Crippen LogP contribution in [0, 0.1) is 0 Å². The number of methoxy groups -OCH3 is 1. The van der Waals surface area contributed by atoms with E-state index in [1.807, 2.05) is 0 Å². The van der Waals surface area contributed by atoms with Crippen LogP contribution >= 0.6 is 0 Å². The number of aldehydes is 1. The first-order valence-corrected chi connectivity index (χ1v) is 7.15. The number of alkyl halides is 3. The van der Waals surface area contributed by atoms with Crippen LogP contribution in [0.2, 0.25) is 0 Å². The third-order valence-electron chi connectivity index (χ3n) is 4.30. The molecule has 0 atom stereocenters. The molecular weight excluding hydrogens is 281 g/mol. The van der Waals surface area contributed by atoms with Crippen molar-refractivity contribution in [2.45, 2.75) is 50.3 Å². The Kier molecular flexibility index (Phi) is 4.71. The Labute approximate surface area is 122 Å². The molecule has 1 aromatic carbocycles. The second-order valence-corrected chi connectivity index (χ2v) is 5.53. The van der Waals surface area contributed by atoms with E-state index in [1.54, 1.807) is 7.11 Å². The molecule has 0 saturated heterocycles. The van der Waals surface area contributed by atoms with Crippen molar-refractivity contribution < 1.29 is 22.7 Å². The fourth-order valence-corrected chi connectivity index (χ4v) is 3.13. The molecule has 1 saturated carbocycles. The van der Waals surface area contributed by atoms with Gasteiger partial charge in [0.05, 0.1) is 11.2 Å². The van der Waals surface area contributed by atoms with Crippen molar-refractivity contribution >= 4 is 6.29 Å². The normalized spacial score (nSPS) is 19.0. The summed E-state index contributed by atoms with van der Waals surface area (Å²) in [6.45, 7) is 0. The molecule has 1 aromatic rings. The highest BCUT2D eigenvalue weighted by Crippen LogP contribution is 2.41. The molecule has 0 aliphatic heterocycles. The zero-order valence-electron chi connectivity index (χ0n) is 12.0. The molecule has 0 amide bonds. The van der Waals surface area contributed by atoms with Crippen LogP contribution in [0.4, 0.5) is 13.2 Å². The van der Waals surface area contributed by atoms with E-state index in [2.05, 4.69) is 0 Å². The number of carbonyl (C=O) groups is 1. The van der Waals surface area contributed by atoms with Crippen molar-refractivity contribution in [3.63, 3.8) is 0 Å². The van der Waals surface area contributed by atoms with Gasteiger partial charge in [-0.05, 0) is 30.5 Å². The lowest BCUT2D eigenvalue weighted by atomic mass is 9.83. The Morgan fingerprint density at radius 3 is 2.24 bits per heavy atom. The second-order valence-electron chi connectivity index (χ2n) is 5.53. The highest BCUT2D eigenvalue weighted by atomic mass is 19.4. The van der Waals surface area contributed by atoms with Gasteiger partial charge in [-0.2, -0.15) is 13.2 Å². The largest absolute Gasteiger partial charge is 0.416 e. The van der Waals surface area contributed by atoms with Gasteiger partial charge in [0.2, 0.25) is 0 Å². The first-order valence-electron chi connectivity index (χ1n) is 7.15. The average molecular weight is 300 g/mol. The van der Waals surface area contributed by atoms with Crippen molar-refractivity contribution in [1.29, 1.82) is 0 Å². The van der Waals surface area contributed by atoms with E-state index < -0.39 is 17.3 Å². The molecule has 2 rings (SSSR count). The van der Waals surface area contributed by atoms with Gasteiger partial charge in [-0.1, -0.05) is 31.7 Å². The molecule has 0 N–H and O–H groups in total. The first-order chi connectivity index (χ1) is 9.93. The highest BCUT2D eigenvalue weighted by Gasteiger charge is 2.37. The van der Waals surface area contributed by atoms with Gasteiger partial charge in [-0.3, -0.25) is 4.79 Å². The monoisotopic (exact) mass is 300 g/mol. The summed E-state index contributed by atoms with van der Waals surface area (Å²) < 4.78 is 44.0. The van der Waals surface area contributed by atoms with Crippen molar-refractivity contribution in [3.8, 4) is 0 Å². The van der Waals surface area contributed by atoms with Crippen LogP contribution < -0.4 is 0 Å². The minimum Gasteiger partial charge on any atom is -0.374 e. The molecule has 2 nitrogen and oxygen atoms in total. The third kappa shape index (κ3) is 3.28. The van der Waals surface area contributed by atoms with Gasteiger partial charge in [0.1, 0.15) is 6.29 Å². The summed E-state index contributed by atoms with van der Waals surface area (Å²) in [5.41, 5.74) is -0.784. The number of hydrogen-bond acceptors (Lipinski definition) is 2. The summed E-state index contributed by atoms with van der Waals surface area (Å²) in [6, 6.07) is 3.36. The van der Waals surface area contributed by atoms with Gasteiger partial charge in [0, 0.05) is 12.7 Å².